The number of hydrogen-bond acceptors (Lipinski definition) is 6. The van der Waals surface area contributed by atoms with Crippen LogP contribution in [0.3, 0.4) is 0 Å². The third-order valence-corrected chi connectivity index (χ3v) is 2.64. The third kappa shape index (κ3) is 3.21. The van der Waals surface area contributed by atoms with E-state index < -0.39 is 0 Å². The molecule has 0 bridgehead atoms. The number of aliphatic hydroxyl groups is 2. The molecule has 0 saturated carbocycles. The van der Waals surface area contributed by atoms with Crippen LogP contribution in [0.15, 0.2) is 0 Å². The first kappa shape index (κ1) is 11.4. The molecule has 2 N–H and O–H groups in total. The molecule has 0 atom stereocenters. The molecular weight excluding hydrogens is 202 g/mol. The van der Waals surface area contributed by atoms with E-state index in [1.54, 1.807) is 0 Å². The van der Waals surface area contributed by atoms with E-state index in [1.165, 1.54) is 11.3 Å². The molecule has 0 unspecified atom stereocenters. The minimum absolute atomic E-state index is 0.0874. The summed E-state index contributed by atoms with van der Waals surface area (Å²) in [6.07, 6.45) is 0.679. The Hall–Kier alpha value is -0.720. The summed E-state index contributed by atoms with van der Waals surface area (Å²) in [5.41, 5.74) is 0. The fourth-order valence-electron chi connectivity index (χ4n) is 1.10. The van der Waals surface area contributed by atoms with Crippen LogP contribution in [0.4, 0.5) is 5.13 Å². The number of hydrogen-bond donors (Lipinski definition) is 2. The van der Waals surface area contributed by atoms with Crippen LogP contribution in [0, 0.1) is 6.92 Å². The lowest BCUT2D eigenvalue weighted by molar-refractivity contribution is 0.281. The van der Waals surface area contributed by atoms with Gasteiger partial charge in [0.25, 0.3) is 0 Å². The Morgan fingerprint density at radius 3 is 2.50 bits per heavy atom. The van der Waals surface area contributed by atoms with Gasteiger partial charge in [0.2, 0.25) is 5.13 Å². The summed E-state index contributed by atoms with van der Waals surface area (Å²) in [7, 11) is 0. The van der Waals surface area contributed by atoms with Crippen molar-refractivity contribution in [2.75, 3.05) is 31.2 Å². The minimum Gasteiger partial charge on any atom is -0.396 e. The SMILES string of the molecule is Cc1nnc(N(CCO)CCCO)s1. The van der Waals surface area contributed by atoms with E-state index in [9.17, 15) is 0 Å². The summed E-state index contributed by atoms with van der Waals surface area (Å²) in [4.78, 5) is 1.93. The summed E-state index contributed by atoms with van der Waals surface area (Å²) in [5, 5.41) is 27.2. The minimum atomic E-state index is 0.0874. The van der Waals surface area contributed by atoms with Crippen LogP contribution >= 0.6 is 11.3 Å². The lowest BCUT2D eigenvalue weighted by Crippen LogP contribution is -2.28. The molecule has 14 heavy (non-hydrogen) atoms. The molecular formula is C8H15N3O2S. The van der Waals surface area contributed by atoms with E-state index in [-0.39, 0.29) is 13.2 Å². The van der Waals surface area contributed by atoms with Gasteiger partial charge in [0.1, 0.15) is 5.01 Å². The highest BCUT2D eigenvalue weighted by Gasteiger charge is 2.09. The first-order valence-electron chi connectivity index (χ1n) is 4.54. The number of aryl methyl sites for hydroxylation is 1. The van der Waals surface area contributed by atoms with Gasteiger partial charge >= 0.3 is 0 Å². The monoisotopic (exact) mass is 217 g/mol. The van der Waals surface area contributed by atoms with Crippen molar-refractivity contribution in [1.29, 1.82) is 0 Å². The number of aromatic nitrogens is 2. The zero-order chi connectivity index (χ0) is 10.4. The second kappa shape index (κ2) is 5.90. The van der Waals surface area contributed by atoms with Crippen LogP contribution in [0.1, 0.15) is 11.4 Å². The summed E-state index contributed by atoms with van der Waals surface area (Å²) >= 11 is 1.50. The van der Waals surface area contributed by atoms with Crippen LogP contribution in [0.2, 0.25) is 0 Å². The van der Waals surface area contributed by atoms with Gasteiger partial charge in [-0.1, -0.05) is 11.3 Å². The van der Waals surface area contributed by atoms with Gasteiger partial charge in [-0.3, -0.25) is 0 Å². The lowest BCUT2D eigenvalue weighted by Gasteiger charge is -2.19. The molecule has 0 aliphatic heterocycles. The van der Waals surface area contributed by atoms with Crippen molar-refractivity contribution in [1.82, 2.24) is 10.2 Å². The van der Waals surface area contributed by atoms with E-state index in [0.29, 0.717) is 19.5 Å². The second-order valence-corrected chi connectivity index (χ2v) is 4.05. The summed E-state index contributed by atoms with van der Waals surface area (Å²) < 4.78 is 0. The van der Waals surface area contributed by atoms with Gasteiger partial charge in [-0.05, 0) is 13.3 Å². The average molecular weight is 217 g/mol. The number of rotatable bonds is 6. The Bertz CT molecular complexity index is 267. The van der Waals surface area contributed by atoms with E-state index in [1.807, 2.05) is 11.8 Å². The second-order valence-electron chi connectivity index (χ2n) is 2.89. The molecule has 0 aliphatic carbocycles. The molecule has 0 aromatic carbocycles. The van der Waals surface area contributed by atoms with Crippen molar-refractivity contribution in [3.8, 4) is 0 Å². The molecule has 0 aliphatic rings. The van der Waals surface area contributed by atoms with Crippen LogP contribution in [-0.4, -0.2) is 46.7 Å². The van der Waals surface area contributed by atoms with Crippen LogP contribution in [0.5, 0.6) is 0 Å². The van der Waals surface area contributed by atoms with E-state index in [4.69, 9.17) is 10.2 Å². The third-order valence-electron chi connectivity index (χ3n) is 1.74. The van der Waals surface area contributed by atoms with Gasteiger partial charge in [-0.15, -0.1) is 10.2 Å². The molecule has 0 fully saturated rings. The summed E-state index contributed by atoms with van der Waals surface area (Å²) in [5.74, 6) is 0. The van der Waals surface area contributed by atoms with Gasteiger partial charge in [0, 0.05) is 19.7 Å². The fourth-order valence-corrected chi connectivity index (χ4v) is 1.84. The quantitative estimate of drug-likeness (QED) is 0.703. The van der Waals surface area contributed by atoms with Crippen LogP contribution in [0.25, 0.3) is 0 Å². The van der Waals surface area contributed by atoms with Crippen molar-refractivity contribution in [2.24, 2.45) is 0 Å². The predicted octanol–water partition coefficient (Wildman–Crippen LogP) is 0.0276. The predicted molar refractivity (Wildman–Crippen MR) is 55.6 cm³/mol. The van der Waals surface area contributed by atoms with Crippen molar-refractivity contribution < 1.29 is 10.2 Å². The highest BCUT2D eigenvalue weighted by Crippen LogP contribution is 2.19. The van der Waals surface area contributed by atoms with Crippen molar-refractivity contribution >= 4 is 16.5 Å². The topological polar surface area (TPSA) is 69.5 Å². The van der Waals surface area contributed by atoms with Crippen LogP contribution < -0.4 is 4.90 Å². The summed E-state index contributed by atoms with van der Waals surface area (Å²) in [6.45, 7) is 3.37. The average Bonchev–Trinajstić information content (AvgIpc) is 2.59. The number of anilines is 1. The fraction of sp³-hybridized carbons (Fsp3) is 0.750. The molecule has 0 radical (unpaired) electrons. The molecule has 1 heterocycles. The van der Waals surface area contributed by atoms with Gasteiger partial charge in [0.05, 0.1) is 6.61 Å². The smallest absolute Gasteiger partial charge is 0.208 e. The molecule has 6 heteroatoms. The maximum absolute atomic E-state index is 8.86. The van der Waals surface area contributed by atoms with Gasteiger partial charge in [-0.2, -0.15) is 0 Å². The molecule has 1 rings (SSSR count). The van der Waals surface area contributed by atoms with Crippen molar-refractivity contribution in [3.63, 3.8) is 0 Å². The van der Waals surface area contributed by atoms with Crippen molar-refractivity contribution in [3.05, 3.63) is 5.01 Å². The zero-order valence-electron chi connectivity index (χ0n) is 8.18. The van der Waals surface area contributed by atoms with Gasteiger partial charge < -0.3 is 15.1 Å². The Labute approximate surface area is 87.0 Å². The Morgan fingerprint density at radius 2 is 2.00 bits per heavy atom. The lowest BCUT2D eigenvalue weighted by atomic mass is 10.4. The molecule has 80 valence electrons. The zero-order valence-corrected chi connectivity index (χ0v) is 9.00. The Balaban J connectivity index is 2.57. The first-order valence-corrected chi connectivity index (χ1v) is 5.36. The van der Waals surface area contributed by atoms with Crippen molar-refractivity contribution in [2.45, 2.75) is 13.3 Å². The molecule has 1 aromatic rings. The Morgan fingerprint density at radius 1 is 1.21 bits per heavy atom. The van der Waals surface area contributed by atoms with Crippen LogP contribution in [-0.2, 0) is 0 Å². The molecule has 0 spiro atoms. The number of aliphatic hydroxyl groups excluding tert-OH is 2. The Kier molecular flexibility index (Phi) is 4.78. The molecule has 5 nitrogen and oxygen atoms in total. The maximum atomic E-state index is 8.86. The normalized spacial score (nSPS) is 10.5. The largest absolute Gasteiger partial charge is 0.396 e. The highest BCUT2D eigenvalue weighted by molar-refractivity contribution is 7.15. The summed E-state index contributed by atoms with van der Waals surface area (Å²) in [6, 6.07) is 0. The maximum Gasteiger partial charge on any atom is 0.208 e. The van der Waals surface area contributed by atoms with E-state index in [0.717, 1.165) is 10.1 Å². The first-order chi connectivity index (χ1) is 6.77. The van der Waals surface area contributed by atoms with E-state index >= 15 is 0 Å². The molecule has 1 aromatic heterocycles. The van der Waals surface area contributed by atoms with Gasteiger partial charge in [-0.25, -0.2) is 0 Å². The molecule has 0 saturated heterocycles. The van der Waals surface area contributed by atoms with E-state index in [2.05, 4.69) is 10.2 Å². The van der Waals surface area contributed by atoms with Gasteiger partial charge in [0.15, 0.2) is 0 Å². The molecule has 0 amide bonds. The number of nitrogens with zero attached hydrogens (tertiary/aromatic N) is 3. The highest BCUT2D eigenvalue weighted by atomic mass is 32.1. The standard InChI is InChI=1S/C8H15N3O2S/c1-7-9-10-8(14-7)11(4-6-13)3-2-5-12/h12-13H,2-6H2,1H3.